The average molecular weight is 619 g/mol. The molecule has 6 aromatic carbocycles. The minimum absolute atomic E-state index is 0.810. The maximum atomic E-state index is 4.42. The van der Waals surface area contributed by atoms with Crippen molar-refractivity contribution < 1.29 is 0 Å². The third-order valence-electron chi connectivity index (χ3n) is 8.13. The molecule has 0 fully saturated rings. The van der Waals surface area contributed by atoms with Gasteiger partial charge in [0.1, 0.15) is 0 Å². The van der Waals surface area contributed by atoms with Crippen molar-refractivity contribution in [3.8, 4) is 22.3 Å². The van der Waals surface area contributed by atoms with Gasteiger partial charge in [0.05, 0.1) is 5.70 Å². The third-order valence-corrected chi connectivity index (χ3v) is 8.13. The summed E-state index contributed by atoms with van der Waals surface area (Å²) in [6, 6.07) is 57.4. The number of rotatable bonds is 12. The Morgan fingerprint density at radius 3 is 1.27 bits per heavy atom. The van der Waals surface area contributed by atoms with Gasteiger partial charge in [0.25, 0.3) is 0 Å². The average Bonchev–Trinajstić information content (AvgIpc) is 3.16. The van der Waals surface area contributed by atoms with Crippen molar-refractivity contribution in [3.05, 3.63) is 225 Å². The molecule has 0 atom stereocenters. The monoisotopic (exact) mass is 618 g/mol. The van der Waals surface area contributed by atoms with E-state index in [1.807, 2.05) is 54.6 Å². The number of hydrogen-bond donors (Lipinski definition) is 0. The molecule has 48 heavy (non-hydrogen) atoms. The van der Waals surface area contributed by atoms with Crippen molar-refractivity contribution in [2.45, 2.75) is 0 Å². The van der Waals surface area contributed by atoms with Gasteiger partial charge in [-0.05, 0) is 88.5 Å². The van der Waals surface area contributed by atoms with Crippen LogP contribution in [0.5, 0.6) is 0 Å². The first-order chi connectivity index (χ1) is 23.7. The van der Waals surface area contributed by atoms with Gasteiger partial charge in [-0.2, -0.15) is 0 Å². The number of hydrogen-bond acceptors (Lipinski definition) is 2. The Kier molecular flexibility index (Phi) is 10.1. The maximum Gasteiger partial charge on any atom is 0.0533 e. The van der Waals surface area contributed by atoms with E-state index in [9.17, 15) is 0 Å². The number of benzene rings is 6. The molecule has 0 aliphatic heterocycles. The molecule has 0 radical (unpaired) electrons. The molecule has 0 heterocycles. The highest BCUT2D eigenvalue weighted by Gasteiger charge is 2.18. The Labute approximate surface area is 284 Å². The fraction of sp³-hybridized carbons (Fsp3) is 0. The van der Waals surface area contributed by atoms with Crippen LogP contribution in [0.4, 0.5) is 22.7 Å². The highest BCUT2D eigenvalue weighted by atomic mass is 15.2. The van der Waals surface area contributed by atoms with E-state index < -0.39 is 0 Å². The molecule has 0 saturated heterocycles. The molecule has 232 valence electrons. The van der Waals surface area contributed by atoms with Crippen LogP contribution in [-0.2, 0) is 0 Å². The minimum Gasteiger partial charge on any atom is -0.311 e. The standard InChI is InChI=1S/C46H38N2/c1-4-6-17-36(3)47(46(16-5-2)41-22-14-9-15-23-41)42-32-34-45(35-33-42)48(43-28-24-39(25-29-43)37-18-10-7-11-19-37)44-30-26-40(27-31-44)38-20-12-8-13-21-38/h4-35H,1-3H2. The Morgan fingerprint density at radius 2 is 0.833 bits per heavy atom. The van der Waals surface area contributed by atoms with Crippen LogP contribution in [0.2, 0.25) is 0 Å². The molecule has 0 amide bonds. The van der Waals surface area contributed by atoms with Gasteiger partial charge in [-0.25, -0.2) is 0 Å². The lowest BCUT2D eigenvalue weighted by Gasteiger charge is -2.30. The minimum atomic E-state index is 0.810. The van der Waals surface area contributed by atoms with E-state index in [0.717, 1.165) is 39.7 Å². The van der Waals surface area contributed by atoms with E-state index in [0.29, 0.717) is 0 Å². The molecule has 0 aliphatic rings. The summed E-state index contributed by atoms with van der Waals surface area (Å²) in [6.07, 6.45) is 9.46. The zero-order chi connectivity index (χ0) is 33.1. The summed E-state index contributed by atoms with van der Waals surface area (Å²) in [7, 11) is 0. The lowest BCUT2D eigenvalue weighted by molar-refractivity contribution is 1.22. The first-order valence-corrected chi connectivity index (χ1v) is 16.0. The fourth-order valence-corrected chi connectivity index (χ4v) is 5.80. The second kappa shape index (κ2) is 15.3. The third kappa shape index (κ3) is 7.20. The number of anilines is 4. The highest BCUT2D eigenvalue weighted by Crippen LogP contribution is 2.39. The molecule has 0 spiro atoms. The van der Waals surface area contributed by atoms with Crippen molar-refractivity contribution in [3.63, 3.8) is 0 Å². The van der Waals surface area contributed by atoms with Gasteiger partial charge < -0.3 is 9.80 Å². The van der Waals surface area contributed by atoms with Crippen molar-refractivity contribution in [1.82, 2.24) is 0 Å². The lowest BCUT2D eigenvalue weighted by atomic mass is 10.0. The van der Waals surface area contributed by atoms with Gasteiger partial charge in [-0.15, -0.1) is 0 Å². The van der Waals surface area contributed by atoms with Crippen molar-refractivity contribution >= 4 is 28.4 Å². The smallest absolute Gasteiger partial charge is 0.0533 e. The molecule has 0 bridgehead atoms. The predicted octanol–water partition coefficient (Wildman–Crippen LogP) is 12.8. The van der Waals surface area contributed by atoms with Crippen LogP contribution in [-0.4, -0.2) is 0 Å². The Bertz CT molecular complexity index is 1940. The van der Waals surface area contributed by atoms with E-state index in [4.69, 9.17) is 0 Å². The summed E-state index contributed by atoms with van der Waals surface area (Å²) in [4.78, 5) is 4.44. The summed E-state index contributed by atoms with van der Waals surface area (Å²) < 4.78 is 0. The lowest BCUT2D eigenvalue weighted by Crippen LogP contribution is -2.19. The predicted molar refractivity (Wildman–Crippen MR) is 208 cm³/mol. The molecule has 6 aromatic rings. The van der Waals surface area contributed by atoms with Crippen LogP contribution >= 0.6 is 0 Å². The zero-order valence-corrected chi connectivity index (χ0v) is 27.0. The van der Waals surface area contributed by atoms with Gasteiger partial charge >= 0.3 is 0 Å². The molecule has 2 heteroatoms. The number of allylic oxidation sites excluding steroid dienone is 5. The Morgan fingerprint density at radius 1 is 0.438 bits per heavy atom. The molecule has 0 unspecified atom stereocenters. The Hall–Kier alpha value is -6.38. The van der Waals surface area contributed by atoms with E-state index >= 15 is 0 Å². The van der Waals surface area contributed by atoms with Gasteiger partial charge in [-0.3, -0.25) is 0 Å². The first kappa shape index (κ1) is 31.6. The van der Waals surface area contributed by atoms with Crippen LogP contribution in [0.15, 0.2) is 220 Å². The second-order valence-corrected chi connectivity index (χ2v) is 11.3. The van der Waals surface area contributed by atoms with Crippen molar-refractivity contribution in [1.29, 1.82) is 0 Å². The van der Waals surface area contributed by atoms with Crippen LogP contribution in [0.1, 0.15) is 5.56 Å². The van der Waals surface area contributed by atoms with Crippen molar-refractivity contribution in [2.75, 3.05) is 9.80 Å². The van der Waals surface area contributed by atoms with E-state index in [2.05, 4.69) is 163 Å². The molecule has 0 aromatic heterocycles. The van der Waals surface area contributed by atoms with E-state index in [1.54, 1.807) is 6.08 Å². The van der Waals surface area contributed by atoms with E-state index in [-0.39, 0.29) is 0 Å². The maximum absolute atomic E-state index is 4.42. The Balaban J connectivity index is 1.42. The van der Waals surface area contributed by atoms with Gasteiger partial charge in [0, 0.05) is 28.4 Å². The van der Waals surface area contributed by atoms with Gasteiger partial charge in [0.2, 0.25) is 0 Å². The summed E-state index contributed by atoms with van der Waals surface area (Å²) in [5.74, 6) is 0. The summed E-state index contributed by atoms with van der Waals surface area (Å²) in [6.45, 7) is 12.3. The second-order valence-electron chi connectivity index (χ2n) is 11.3. The quantitative estimate of drug-likeness (QED) is 0.126. The molecule has 0 aliphatic carbocycles. The molecule has 6 rings (SSSR count). The van der Waals surface area contributed by atoms with Gasteiger partial charge in [0.15, 0.2) is 0 Å². The zero-order valence-electron chi connectivity index (χ0n) is 27.0. The normalized spacial score (nSPS) is 11.2. The van der Waals surface area contributed by atoms with Crippen LogP contribution < -0.4 is 9.80 Å². The number of nitrogens with zero attached hydrogens (tertiary/aromatic N) is 2. The summed E-state index contributed by atoms with van der Waals surface area (Å²) >= 11 is 0. The SMILES string of the molecule is C=CC=CC(=C)N(C(=CC=C)c1ccccc1)c1ccc(N(c2ccc(-c3ccccc3)cc2)c2ccc(-c3ccccc3)cc2)cc1. The fourth-order valence-electron chi connectivity index (χ4n) is 5.80. The topological polar surface area (TPSA) is 6.48 Å². The highest BCUT2D eigenvalue weighted by molar-refractivity contribution is 5.86. The summed E-state index contributed by atoms with van der Waals surface area (Å²) in [5, 5.41) is 0. The molecule has 0 N–H and O–H groups in total. The largest absolute Gasteiger partial charge is 0.311 e. The molecule has 0 saturated carbocycles. The van der Waals surface area contributed by atoms with Gasteiger partial charge in [-0.1, -0.05) is 153 Å². The van der Waals surface area contributed by atoms with Crippen LogP contribution in [0.25, 0.3) is 28.0 Å². The molecule has 2 nitrogen and oxygen atoms in total. The summed E-state index contributed by atoms with van der Waals surface area (Å²) in [5.41, 5.74) is 11.8. The van der Waals surface area contributed by atoms with Crippen LogP contribution in [0.3, 0.4) is 0 Å². The first-order valence-electron chi connectivity index (χ1n) is 16.0. The van der Waals surface area contributed by atoms with E-state index in [1.165, 1.54) is 22.3 Å². The van der Waals surface area contributed by atoms with Crippen LogP contribution in [0, 0.1) is 0 Å². The molecular formula is C46H38N2. The molecular weight excluding hydrogens is 581 g/mol. The van der Waals surface area contributed by atoms with Crippen molar-refractivity contribution in [2.24, 2.45) is 0 Å².